The molecule has 0 spiro atoms. The lowest BCUT2D eigenvalue weighted by atomic mass is 9.85. The highest BCUT2D eigenvalue weighted by Gasteiger charge is 2.70. The summed E-state index contributed by atoms with van der Waals surface area (Å²) in [7, 11) is 0. The average Bonchev–Trinajstić information content (AvgIpc) is 2.82. The minimum Gasteiger partial charge on any atom is -0.480 e. The number of halogens is 3. The normalized spacial score (nSPS) is 29.0. The van der Waals surface area contributed by atoms with Crippen LogP contribution in [0.15, 0.2) is 0 Å². The molecule has 2 amide bonds. The summed E-state index contributed by atoms with van der Waals surface area (Å²) < 4.78 is 37.7. The Balaban J connectivity index is 2.26. The minimum atomic E-state index is -5.12. The molecule has 1 saturated heterocycles. The van der Waals surface area contributed by atoms with Gasteiger partial charge in [-0.15, -0.1) is 0 Å². The number of likely N-dealkylation sites (tertiary alicyclic amines) is 1. The number of nitrogens with zero attached hydrogens (tertiary/aromatic N) is 1. The Morgan fingerprint density at radius 2 is 1.72 bits per heavy atom. The first-order chi connectivity index (χ1) is 11.1. The van der Waals surface area contributed by atoms with E-state index in [9.17, 15) is 32.7 Å². The number of piperidine rings is 1. The Hall–Kier alpha value is -1.80. The van der Waals surface area contributed by atoms with Gasteiger partial charge in [-0.2, -0.15) is 13.2 Å². The molecule has 2 fully saturated rings. The van der Waals surface area contributed by atoms with E-state index in [1.54, 1.807) is 5.32 Å². The zero-order chi connectivity index (χ0) is 19.5. The number of hydrogen-bond donors (Lipinski definition) is 2. The van der Waals surface area contributed by atoms with Gasteiger partial charge in [-0.1, -0.05) is 34.6 Å². The summed E-state index contributed by atoms with van der Waals surface area (Å²) in [6, 6.07) is -2.55. The average molecular weight is 364 g/mol. The van der Waals surface area contributed by atoms with Crippen molar-refractivity contribution >= 4 is 17.8 Å². The van der Waals surface area contributed by atoms with Crippen LogP contribution in [0.1, 0.15) is 34.6 Å². The van der Waals surface area contributed by atoms with Gasteiger partial charge in [0.05, 0.1) is 0 Å². The van der Waals surface area contributed by atoms with Crippen molar-refractivity contribution in [3.8, 4) is 0 Å². The molecule has 6 nitrogen and oxygen atoms in total. The number of alkyl halides is 3. The Kier molecular flexibility index (Phi) is 4.38. The molecule has 1 heterocycles. The highest BCUT2D eigenvalue weighted by molar-refractivity contribution is 5.93. The lowest BCUT2D eigenvalue weighted by molar-refractivity contribution is -0.176. The van der Waals surface area contributed by atoms with Gasteiger partial charge in [0, 0.05) is 12.5 Å². The number of fused-ring (bicyclic) bond motifs is 1. The lowest BCUT2D eigenvalue weighted by Crippen LogP contribution is -2.59. The van der Waals surface area contributed by atoms with E-state index in [0.29, 0.717) is 0 Å². The minimum absolute atomic E-state index is 0.00325. The third-order valence-electron chi connectivity index (χ3n) is 5.39. The predicted octanol–water partition coefficient (Wildman–Crippen LogP) is 1.65. The van der Waals surface area contributed by atoms with Crippen molar-refractivity contribution in [2.75, 3.05) is 6.54 Å². The number of carbonyl (C=O) groups excluding carboxylic acids is 2. The van der Waals surface area contributed by atoms with Crippen LogP contribution in [0.3, 0.4) is 0 Å². The van der Waals surface area contributed by atoms with E-state index in [0.717, 1.165) is 4.90 Å². The predicted molar refractivity (Wildman–Crippen MR) is 81.3 cm³/mol. The van der Waals surface area contributed by atoms with Crippen LogP contribution in [0.25, 0.3) is 0 Å². The molecule has 2 aliphatic rings. The summed E-state index contributed by atoms with van der Waals surface area (Å²) in [5.41, 5.74) is -1.23. The summed E-state index contributed by atoms with van der Waals surface area (Å²) in [4.78, 5) is 36.9. The quantitative estimate of drug-likeness (QED) is 0.797. The molecule has 1 unspecified atom stereocenters. The molecule has 0 bridgehead atoms. The molecule has 1 aliphatic heterocycles. The van der Waals surface area contributed by atoms with E-state index in [2.05, 4.69) is 0 Å². The van der Waals surface area contributed by atoms with Gasteiger partial charge in [-0.3, -0.25) is 9.59 Å². The van der Waals surface area contributed by atoms with Crippen LogP contribution in [-0.2, 0) is 14.4 Å². The molecule has 2 rings (SSSR count). The second kappa shape index (κ2) is 5.60. The lowest BCUT2D eigenvalue weighted by Gasteiger charge is -2.36. The van der Waals surface area contributed by atoms with Gasteiger partial charge in [0.15, 0.2) is 0 Å². The number of rotatable bonds is 3. The van der Waals surface area contributed by atoms with Crippen molar-refractivity contribution in [2.24, 2.45) is 22.7 Å². The maximum absolute atomic E-state index is 12.8. The fourth-order valence-electron chi connectivity index (χ4n) is 3.82. The topological polar surface area (TPSA) is 86.7 Å². The van der Waals surface area contributed by atoms with E-state index >= 15 is 0 Å². The molecular formula is C16H23F3N2O4. The van der Waals surface area contributed by atoms with Crippen LogP contribution in [-0.4, -0.2) is 52.6 Å². The van der Waals surface area contributed by atoms with Gasteiger partial charge < -0.3 is 15.3 Å². The second-order valence-electron chi connectivity index (χ2n) is 8.50. The van der Waals surface area contributed by atoms with E-state index in [-0.39, 0.29) is 23.8 Å². The molecule has 0 aromatic heterocycles. The summed E-state index contributed by atoms with van der Waals surface area (Å²) in [6.07, 6.45) is -5.12. The molecule has 1 saturated carbocycles. The first-order valence-corrected chi connectivity index (χ1v) is 8.01. The zero-order valence-electron chi connectivity index (χ0n) is 14.8. The molecule has 0 aromatic carbocycles. The fraction of sp³-hybridized carbons (Fsp3) is 0.812. The molecule has 4 atom stereocenters. The van der Waals surface area contributed by atoms with E-state index < -0.39 is 41.5 Å². The first kappa shape index (κ1) is 19.5. The van der Waals surface area contributed by atoms with Crippen molar-refractivity contribution in [3.05, 3.63) is 0 Å². The number of amides is 2. The zero-order valence-corrected chi connectivity index (χ0v) is 14.8. The molecule has 0 aromatic rings. The maximum Gasteiger partial charge on any atom is 0.471 e. The van der Waals surface area contributed by atoms with Gasteiger partial charge in [0.2, 0.25) is 5.91 Å². The summed E-state index contributed by atoms with van der Waals surface area (Å²) in [5, 5.41) is 11.2. The summed E-state index contributed by atoms with van der Waals surface area (Å²) in [5.74, 6) is -4.41. The van der Waals surface area contributed by atoms with E-state index in [1.165, 1.54) is 20.8 Å². The second-order valence-corrected chi connectivity index (χ2v) is 8.50. The van der Waals surface area contributed by atoms with Crippen molar-refractivity contribution in [2.45, 2.75) is 52.9 Å². The molecule has 1 aliphatic carbocycles. The Morgan fingerprint density at radius 1 is 1.20 bits per heavy atom. The number of carbonyl (C=O) groups is 3. The Labute approximate surface area is 143 Å². The molecular weight excluding hydrogens is 341 g/mol. The fourth-order valence-corrected chi connectivity index (χ4v) is 3.82. The highest BCUT2D eigenvalue weighted by atomic mass is 19.4. The van der Waals surface area contributed by atoms with Crippen molar-refractivity contribution < 1.29 is 32.7 Å². The third kappa shape index (κ3) is 3.32. The van der Waals surface area contributed by atoms with Gasteiger partial charge in [0.25, 0.3) is 0 Å². The van der Waals surface area contributed by atoms with Gasteiger partial charge in [0.1, 0.15) is 12.1 Å². The molecule has 25 heavy (non-hydrogen) atoms. The van der Waals surface area contributed by atoms with Crippen LogP contribution in [0.5, 0.6) is 0 Å². The van der Waals surface area contributed by atoms with Crippen LogP contribution in [0.4, 0.5) is 13.2 Å². The van der Waals surface area contributed by atoms with Crippen LogP contribution < -0.4 is 5.32 Å². The number of carboxylic acid groups (broad SMARTS) is 1. The molecule has 0 radical (unpaired) electrons. The highest BCUT2D eigenvalue weighted by Crippen LogP contribution is 2.65. The number of aliphatic carboxylic acids is 1. The van der Waals surface area contributed by atoms with Crippen molar-refractivity contribution in [1.82, 2.24) is 10.2 Å². The summed E-state index contributed by atoms with van der Waals surface area (Å²) >= 11 is 0. The van der Waals surface area contributed by atoms with E-state index in [4.69, 9.17) is 0 Å². The number of nitrogens with one attached hydrogen (secondary N) is 1. The van der Waals surface area contributed by atoms with Crippen LogP contribution >= 0.6 is 0 Å². The first-order valence-electron chi connectivity index (χ1n) is 8.01. The maximum atomic E-state index is 12.8. The standard InChI is InChI=1S/C16H23F3N2O4/c1-14(2,3)10(20-13(25)16(17,18)19)11(22)21-6-7-8(15(7,4)5)9(21)12(23)24/h7-10H,6H2,1-5H3,(H,20,25)(H,23,24)/t7-,8?,9-,10+/m0/s1. The monoisotopic (exact) mass is 364 g/mol. The van der Waals surface area contributed by atoms with Crippen LogP contribution in [0.2, 0.25) is 0 Å². The van der Waals surface area contributed by atoms with Crippen LogP contribution in [0, 0.1) is 22.7 Å². The smallest absolute Gasteiger partial charge is 0.471 e. The Morgan fingerprint density at radius 3 is 2.12 bits per heavy atom. The van der Waals surface area contributed by atoms with Gasteiger partial charge in [-0.25, -0.2) is 4.79 Å². The SMILES string of the molecule is CC(C)(C)[C@H](NC(=O)C(F)(F)F)C(=O)N1C[C@H]2C([C@H]1C(=O)O)C2(C)C. The van der Waals surface area contributed by atoms with Crippen molar-refractivity contribution in [1.29, 1.82) is 0 Å². The number of hydrogen-bond acceptors (Lipinski definition) is 3. The van der Waals surface area contributed by atoms with Gasteiger partial charge in [-0.05, 0) is 16.7 Å². The van der Waals surface area contributed by atoms with Crippen molar-refractivity contribution in [3.63, 3.8) is 0 Å². The van der Waals surface area contributed by atoms with Gasteiger partial charge >= 0.3 is 18.1 Å². The Bertz CT molecular complexity index is 609. The molecule has 142 valence electrons. The third-order valence-corrected chi connectivity index (χ3v) is 5.39. The largest absolute Gasteiger partial charge is 0.480 e. The summed E-state index contributed by atoms with van der Waals surface area (Å²) in [6.45, 7) is 8.54. The van der Waals surface area contributed by atoms with E-state index in [1.807, 2.05) is 13.8 Å². The molecule has 9 heteroatoms. The number of carboxylic acids is 1. The molecule has 2 N–H and O–H groups in total.